The van der Waals surface area contributed by atoms with Gasteiger partial charge in [0.2, 0.25) is 4.90 Å². The Hall–Kier alpha value is -0.570. The Morgan fingerprint density at radius 3 is 2.35 bits per heavy atom. The number of aryl methyl sites for hydroxylation is 1. The van der Waals surface area contributed by atoms with Gasteiger partial charge >= 0.3 is 0 Å². The molecule has 0 bridgehead atoms. The number of benzene rings is 1. The highest BCUT2D eigenvalue weighted by Crippen LogP contribution is 2.36. The van der Waals surface area contributed by atoms with Gasteiger partial charge in [0, 0.05) is 0 Å². The molecule has 0 saturated heterocycles. The number of nitrogens with two attached hydrogens (primary N) is 2. The van der Waals surface area contributed by atoms with Gasteiger partial charge in [0.25, 0.3) is 0 Å². The standard InChI is InChI=1S/C11H9Cl2N4OS2/c1-5-3-6(12)8(7(13)4-5)17-10(14)9(20(15)18)11(16-17)19-2/h3-4H,14-15H2,1H3. The summed E-state index contributed by atoms with van der Waals surface area (Å²) < 4.78 is 12.8. The molecule has 0 saturated carbocycles. The molecule has 1 heterocycles. The molecule has 3 radical (unpaired) electrons. The summed E-state index contributed by atoms with van der Waals surface area (Å²) >= 11 is 11.0. The Kier molecular flexibility index (Phi) is 4.78. The van der Waals surface area contributed by atoms with Gasteiger partial charge < -0.3 is 10.3 Å². The highest BCUT2D eigenvalue weighted by molar-refractivity contribution is 8.01. The molecule has 105 valence electrons. The number of nitrogen functional groups attached to an aromatic ring is 1. The van der Waals surface area contributed by atoms with Crippen molar-refractivity contribution in [2.24, 2.45) is 5.14 Å². The van der Waals surface area contributed by atoms with Crippen molar-refractivity contribution in [2.45, 2.75) is 16.8 Å². The zero-order chi connectivity index (χ0) is 15.0. The van der Waals surface area contributed by atoms with Gasteiger partial charge in [0.05, 0.1) is 27.7 Å². The van der Waals surface area contributed by atoms with E-state index in [4.69, 9.17) is 40.3 Å². The zero-order valence-electron chi connectivity index (χ0n) is 10.2. The number of rotatable bonds is 3. The minimum atomic E-state index is -1.86. The number of halogens is 2. The number of anilines is 1. The van der Waals surface area contributed by atoms with E-state index in [0.29, 0.717) is 27.5 Å². The van der Waals surface area contributed by atoms with Crippen molar-refractivity contribution in [3.05, 3.63) is 34.0 Å². The quantitative estimate of drug-likeness (QED) is 0.657. The van der Waals surface area contributed by atoms with Crippen LogP contribution in [0.5, 0.6) is 0 Å². The average molecular weight is 348 g/mol. The van der Waals surface area contributed by atoms with E-state index in [0.717, 1.165) is 5.56 Å². The summed E-state index contributed by atoms with van der Waals surface area (Å²) in [5.41, 5.74) is 7.15. The molecule has 0 fully saturated rings. The van der Waals surface area contributed by atoms with E-state index in [2.05, 4.69) is 5.10 Å². The van der Waals surface area contributed by atoms with Crippen LogP contribution in [0.1, 0.15) is 5.56 Å². The van der Waals surface area contributed by atoms with Gasteiger partial charge in [0.15, 0.2) is 10.8 Å². The van der Waals surface area contributed by atoms with Crippen molar-refractivity contribution in [1.29, 1.82) is 0 Å². The summed E-state index contributed by atoms with van der Waals surface area (Å²) in [5.74, 6) is 0.0493. The van der Waals surface area contributed by atoms with E-state index < -0.39 is 11.4 Å². The number of aromatic nitrogens is 2. The van der Waals surface area contributed by atoms with Crippen LogP contribution in [0.25, 0.3) is 5.69 Å². The predicted octanol–water partition coefficient (Wildman–Crippen LogP) is 2.69. The van der Waals surface area contributed by atoms with Crippen molar-refractivity contribution in [3.8, 4) is 5.69 Å². The Labute approximate surface area is 133 Å². The maximum absolute atomic E-state index is 11.5. The molecule has 9 heteroatoms. The largest absolute Gasteiger partial charge is 0.593 e. The third kappa shape index (κ3) is 2.74. The average Bonchev–Trinajstić information content (AvgIpc) is 2.65. The molecule has 0 aliphatic carbocycles. The molecule has 1 aromatic heterocycles. The lowest BCUT2D eigenvalue weighted by Gasteiger charge is -2.10. The molecule has 1 atom stereocenters. The van der Waals surface area contributed by atoms with Crippen LogP contribution in [0.3, 0.4) is 0 Å². The fourth-order valence-corrected chi connectivity index (χ4v) is 3.67. The second kappa shape index (κ2) is 6.05. The third-order valence-electron chi connectivity index (χ3n) is 2.52. The fraction of sp³-hybridized carbons (Fsp3) is 0.0909. The normalized spacial score (nSPS) is 12.7. The first-order valence-electron chi connectivity index (χ1n) is 5.21. The molecule has 20 heavy (non-hydrogen) atoms. The van der Waals surface area contributed by atoms with Crippen LogP contribution in [-0.2, 0) is 11.4 Å². The van der Waals surface area contributed by atoms with Gasteiger partial charge in [-0.2, -0.15) is 5.10 Å². The van der Waals surface area contributed by atoms with Gasteiger partial charge in [-0.3, -0.25) is 0 Å². The lowest BCUT2D eigenvalue weighted by Crippen LogP contribution is -2.15. The molecule has 2 rings (SSSR count). The molecule has 0 amide bonds. The Morgan fingerprint density at radius 1 is 1.40 bits per heavy atom. The molecule has 2 aromatic rings. The van der Waals surface area contributed by atoms with Crippen LogP contribution in [0.4, 0.5) is 5.82 Å². The maximum Gasteiger partial charge on any atom is 0.249 e. The second-order valence-electron chi connectivity index (χ2n) is 3.91. The molecule has 0 aliphatic heterocycles. The first-order valence-corrected chi connectivity index (χ1v) is 7.99. The maximum atomic E-state index is 11.5. The molecule has 0 spiro atoms. The van der Waals surface area contributed by atoms with Crippen LogP contribution in [-0.4, -0.2) is 14.3 Å². The van der Waals surface area contributed by atoms with Gasteiger partial charge in [-0.1, -0.05) is 35.0 Å². The molecular weight excluding hydrogens is 339 g/mol. The van der Waals surface area contributed by atoms with E-state index in [1.54, 1.807) is 12.1 Å². The smallest absolute Gasteiger partial charge is 0.249 e. The summed E-state index contributed by atoms with van der Waals surface area (Å²) in [6.07, 6.45) is 7.32. The van der Waals surface area contributed by atoms with Gasteiger partial charge in [-0.05, 0) is 24.6 Å². The fourth-order valence-electron chi connectivity index (χ4n) is 1.72. The molecule has 4 N–H and O–H groups in total. The Morgan fingerprint density at radius 2 is 1.95 bits per heavy atom. The van der Waals surface area contributed by atoms with Crippen LogP contribution < -0.4 is 10.9 Å². The zero-order valence-corrected chi connectivity index (χ0v) is 13.3. The molecule has 0 aliphatic rings. The minimum Gasteiger partial charge on any atom is -0.593 e. The molecule has 1 aromatic carbocycles. The summed E-state index contributed by atoms with van der Waals surface area (Å²) in [6.45, 7) is 1.85. The van der Waals surface area contributed by atoms with Crippen LogP contribution >= 0.6 is 35.0 Å². The minimum absolute atomic E-state index is 0.0493. The summed E-state index contributed by atoms with van der Waals surface area (Å²) in [6, 6.07) is 3.41. The Bertz CT molecular complexity index is 637. The molecule has 5 nitrogen and oxygen atoms in total. The Balaban J connectivity index is 2.71. The van der Waals surface area contributed by atoms with Crippen LogP contribution in [0.15, 0.2) is 22.1 Å². The van der Waals surface area contributed by atoms with Crippen LogP contribution in [0.2, 0.25) is 10.0 Å². The third-order valence-corrected chi connectivity index (χ3v) is 4.51. The summed E-state index contributed by atoms with van der Waals surface area (Å²) in [4.78, 5) is 0.0951. The van der Waals surface area contributed by atoms with E-state index in [-0.39, 0.29) is 15.7 Å². The first kappa shape index (κ1) is 15.8. The van der Waals surface area contributed by atoms with E-state index in [9.17, 15) is 4.55 Å². The van der Waals surface area contributed by atoms with Crippen molar-refractivity contribution in [3.63, 3.8) is 0 Å². The van der Waals surface area contributed by atoms with E-state index in [1.807, 2.05) is 6.92 Å². The number of nitrogens with zero attached hydrogens (tertiary/aromatic N) is 2. The monoisotopic (exact) mass is 347 g/mol. The first-order chi connectivity index (χ1) is 9.36. The van der Waals surface area contributed by atoms with Crippen molar-refractivity contribution < 1.29 is 4.55 Å². The summed E-state index contributed by atoms with van der Waals surface area (Å²) in [7, 11) is 0. The van der Waals surface area contributed by atoms with Crippen LogP contribution in [0, 0.1) is 13.2 Å². The van der Waals surface area contributed by atoms with E-state index in [1.165, 1.54) is 4.68 Å². The van der Waals surface area contributed by atoms with Crippen molar-refractivity contribution in [2.75, 3.05) is 5.73 Å². The second-order valence-corrected chi connectivity index (χ2v) is 6.32. The summed E-state index contributed by atoms with van der Waals surface area (Å²) in [5, 5.41) is 10.3. The lowest BCUT2D eigenvalue weighted by molar-refractivity contribution is 0.595. The SMILES string of the molecule is [C]Sc1nn(-c2c(Cl)cc(C)cc2Cl)c(N)c1[S+](N)[O-]. The topological polar surface area (TPSA) is 92.9 Å². The highest BCUT2D eigenvalue weighted by atomic mass is 35.5. The highest BCUT2D eigenvalue weighted by Gasteiger charge is 2.27. The van der Waals surface area contributed by atoms with Crippen molar-refractivity contribution >= 4 is 52.1 Å². The predicted molar refractivity (Wildman–Crippen MR) is 82.4 cm³/mol. The van der Waals surface area contributed by atoms with Gasteiger partial charge in [-0.15, -0.1) is 5.14 Å². The van der Waals surface area contributed by atoms with Gasteiger partial charge in [0.1, 0.15) is 5.69 Å². The van der Waals surface area contributed by atoms with E-state index >= 15 is 0 Å². The number of hydrogen-bond acceptors (Lipinski definition) is 5. The number of thioether (sulfide) groups is 1. The van der Waals surface area contributed by atoms with Crippen molar-refractivity contribution in [1.82, 2.24) is 9.78 Å². The molecule has 1 unspecified atom stereocenters. The number of hydrogen-bond donors (Lipinski definition) is 2. The molecular formula is C11H9Cl2N4OS2. The van der Waals surface area contributed by atoms with Gasteiger partial charge in [-0.25, -0.2) is 4.68 Å². The lowest BCUT2D eigenvalue weighted by atomic mass is 10.2.